The van der Waals surface area contributed by atoms with E-state index in [-0.39, 0.29) is 18.4 Å². The maximum atomic E-state index is 12.1. The molecule has 1 saturated heterocycles. The van der Waals surface area contributed by atoms with Crippen LogP contribution in [0.1, 0.15) is 33.1 Å². The van der Waals surface area contributed by atoms with Gasteiger partial charge in [0.2, 0.25) is 5.91 Å². The van der Waals surface area contributed by atoms with Gasteiger partial charge in [0.1, 0.15) is 5.75 Å². The van der Waals surface area contributed by atoms with E-state index in [4.69, 9.17) is 4.74 Å². The van der Waals surface area contributed by atoms with E-state index >= 15 is 0 Å². The summed E-state index contributed by atoms with van der Waals surface area (Å²) < 4.78 is 5.53. The second kappa shape index (κ2) is 7.11. The predicted molar refractivity (Wildman–Crippen MR) is 81.3 cm³/mol. The van der Waals surface area contributed by atoms with Crippen molar-refractivity contribution < 1.29 is 14.3 Å². The van der Waals surface area contributed by atoms with Crippen molar-refractivity contribution in [3.05, 3.63) is 24.3 Å². The van der Waals surface area contributed by atoms with Crippen molar-refractivity contribution in [2.45, 2.75) is 39.2 Å². The van der Waals surface area contributed by atoms with Gasteiger partial charge in [-0.15, -0.1) is 0 Å². The zero-order chi connectivity index (χ0) is 15.2. The Hall–Kier alpha value is -2.04. The highest BCUT2D eigenvalue weighted by atomic mass is 16.5. The topological polar surface area (TPSA) is 58.6 Å². The summed E-state index contributed by atoms with van der Waals surface area (Å²) in [4.78, 5) is 25.0. The van der Waals surface area contributed by atoms with E-state index in [2.05, 4.69) is 12.2 Å². The Morgan fingerprint density at radius 1 is 1.29 bits per heavy atom. The first-order valence-corrected chi connectivity index (χ1v) is 7.36. The van der Waals surface area contributed by atoms with Gasteiger partial charge in [0.25, 0.3) is 5.91 Å². The van der Waals surface area contributed by atoms with Crippen molar-refractivity contribution in [3.8, 4) is 5.75 Å². The van der Waals surface area contributed by atoms with E-state index < -0.39 is 0 Å². The molecule has 1 aliphatic heterocycles. The summed E-state index contributed by atoms with van der Waals surface area (Å²) >= 11 is 0. The van der Waals surface area contributed by atoms with Gasteiger partial charge in [-0.05, 0) is 50.5 Å². The number of carbonyl (C=O) groups excluding carboxylic acids is 2. The van der Waals surface area contributed by atoms with E-state index in [1.54, 1.807) is 24.3 Å². The van der Waals surface area contributed by atoms with Crippen LogP contribution in [0.15, 0.2) is 24.3 Å². The summed E-state index contributed by atoms with van der Waals surface area (Å²) in [5, 5.41) is 2.68. The average molecular weight is 290 g/mol. The van der Waals surface area contributed by atoms with Crippen molar-refractivity contribution in [1.29, 1.82) is 0 Å². The Labute approximate surface area is 125 Å². The van der Waals surface area contributed by atoms with Gasteiger partial charge in [0.05, 0.1) is 0 Å². The second-order valence-electron chi connectivity index (χ2n) is 5.43. The lowest BCUT2D eigenvalue weighted by Gasteiger charge is -2.33. The molecule has 1 aromatic carbocycles. The molecule has 114 valence electrons. The largest absolute Gasteiger partial charge is 0.484 e. The maximum absolute atomic E-state index is 12.1. The SMILES string of the molecule is CC(=O)Nc1ccc(OCC(=O)N2CCCC[C@H]2C)cc1. The lowest BCUT2D eigenvalue weighted by atomic mass is 10.0. The van der Waals surface area contributed by atoms with E-state index in [0.29, 0.717) is 17.5 Å². The normalized spacial score (nSPS) is 18.2. The van der Waals surface area contributed by atoms with Gasteiger partial charge < -0.3 is 15.0 Å². The Morgan fingerprint density at radius 2 is 2.00 bits per heavy atom. The second-order valence-corrected chi connectivity index (χ2v) is 5.43. The number of benzene rings is 1. The number of ether oxygens (including phenoxy) is 1. The van der Waals surface area contributed by atoms with Gasteiger partial charge in [0.15, 0.2) is 6.61 Å². The molecule has 0 unspecified atom stereocenters. The van der Waals surface area contributed by atoms with Crippen molar-refractivity contribution >= 4 is 17.5 Å². The van der Waals surface area contributed by atoms with Crippen LogP contribution in [0.25, 0.3) is 0 Å². The Bertz CT molecular complexity index is 499. The highest BCUT2D eigenvalue weighted by Gasteiger charge is 2.23. The summed E-state index contributed by atoms with van der Waals surface area (Å²) in [6, 6.07) is 7.31. The highest BCUT2D eigenvalue weighted by molar-refractivity contribution is 5.88. The van der Waals surface area contributed by atoms with Gasteiger partial charge in [-0.3, -0.25) is 9.59 Å². The molecule has 0 spiro atoms. The van der Waals surface area contributed by atoms with Crippen molar-refractivity contribution in [2.75, 3.05) is 18.5 Å². The van der Waals surface area contributed by atoms with Crippen LogP contribution in [0.5, 0.6) is 5.75 Å². The van der Waals surface area contributed by atoms with Crippen LogP contribution in [0, 0.1) is 0 Å². The van der Waals surface area contributed by atoms with E-state index in [1.807, 2.05) is 4.90 Å². The molecule has 1 atom stereocenters. The number of nitrogens with one attached hydrogen (secondary N) is 1. The number of hydrogen-bond acceptors (Lipinski definition) is 3. The molecule has 2 rings (SSSR count). The van der Waals surface area contributed by atoms with E-state index in [1.165, 1.54) is 13.3 Å². The van der Waals surface area contributed by atoms with Gasteiger partial charge in [-0.25, -0.2) is 0 Å². The van der Waals surface area contributed by atoms with Gasteiger partial charge in [0, 0.05) is 25.2 Å². The van der Waals surface area contributed by atoms with Crippen LogP contribution in [0.2, 0.25) is 0 Å². The summed E-state index contributed by atoms with van der Waals surface area (Å²) in [5.41, 5.74) is 0.714. The molecule has 1 heterocycles. The smallest absolute Gasteiger partial charge is 0.260 e. The van der Waals surface area contributed by atoms with Crippen LogP contribution in [0.3, 0.4) is 0 Å². The standard InChI is InChI=1S/C16H22N2O3/c1-12-5-3-4-10-18(12)16(20)11-21-15-8-6-14(7-9-15)17-13(2)19/h6-9,12H,3-5,10-11H2,1-2H3,(H,17,19)/t12-/m1/s1. The maximum Gasteiger partial charge on any atom is 0.260 e. The third-order valence-electron chi connectivity index (χ3n) is 3.66. The van der Waals surface area contributed by atoms with E-state index in [0.717, 1.165) is 19.4 Å². The first-order valence-electron chi connectivity index (χ1n) is 7.36. The first kappa shape index (κ1) is 15.4. The molecule has 21 heavy (non-hydrogen) atoms. The first-order chi connectivity index (χ1) is 10.1. The Morgan fingerprint density at radius 3 is 2.62 bits per heavy atom. The minimum atomic E-state index is -0.113. The minimum Gasteiger partial charge on any atom is -0.484 e. The molecule has 0 radical (unpaired) electrons. The molecule has 5 nitrogen and oxygen atoms in total. The van der Waals surface area contributed by atoms with Crippen LogP contribution >= 0.6 is 0 Å². The van der Waals surface area contributed by atoms with Gasteiger partial charge in [-0.1, -0.05) is 0 Å². The fraction of sp³-hybridized carbons (Fsp3) is 0.500. The summed E-state index contributed by atoms with van der Waals surface area (Å²) in [6.45, 7) is 4.43. The number of anilines is 1. The van der Waals surface area contributed by atoms with Crippen LogP contribution in [-0.2, 0) is 9.59 Å². The molecule has 0 aliphatic carbocycles. The third-order valence-corrected chi connectivity index (χ3v) is 3.66. The van der Waals surface area contributed by atoms with Crippen molar-refractivity contribution in [3.63, 3.8) is 0 Å². The Kier molecular flexibility index (Phi) is 5.20. The fourth-order valence-electron chi connectivity index (χ4n) is 2.53. The van der Waals surface area contributed by atoms with Gasteiger partial charge in [-0.2, -0.15) is 0 Å². The quantitative estimate of drug-likeness (QED) is 0.926. The highest BCUT2D eigenvalue weighted by Crippen LogP contribution is 2.18. The van der Waals surface area contributed by atoms with Crippen LogP contribution < -0.4 is 10.1 Å². The predicted octanol–water partition coefficient (Wildman–Crippen LogP) is 2.42. The summed E-state index contributed by atoms with van der Waals surface area (Å²) in [6.07, 6.45) is 3.33. The zero-order valence-electron chi connectivity index (χ0n) is 12.6. The lowest BCUT2D eigenvalue weighted by molar-refractivity contribution is -0.136. The number of piperidine rings is 1. The number of amides is 2. The molecule has 0 aromatic heterocycles. The molecular weight excluding hydrogens is 268 g/mol. The summed E-state index contributed by atoms with van der Waals surface area (Å²) in [5.74, 6) is 0.549. The minimum absolute atomic E-state index is 0.0353. The molecule has 0 bridgehead atoms. The summed E-state index contributed by atoms with van der Waals surface area (Å²) in [7, 11) is 0. The molecule has 0 saturated carbocycles. The van der Waals surface area contributed by atoms with E-state index in [9.17, 15) is 9.59 Å². The molecular formula is C16H22N2O3. The lowest BCUT2D eigenvalue weighted by Crippen LogP contribution is -2.44. The molecule has 1 aromatic rings. The average Bonchev–Trinajstić information content (AvgIpc) is 2.46. The molecule has 1 fully saturated rings. The molecule has 5 heteroatoms. The molecule has 1 N–H and O–H groups in total. The Balaban J connectivity index is 1.84. The monoisotopic (exact) mass is 290 g/mol. The molecule has 1 aliphatic rings. The van der Waals surface area contributed by atoms with Crippen molar-refractivity contribution in [2.24, 2.45) is 0 Å². The van der Waals surface area contributed by atoms with Crippen LogP contribution in [0.4, 0.5) is 5.69 Å². The number of hydrogen-bond donors (Lipinski definition) is 1. The number of nitrogens with zero attached hydrogens (tertiary/aromatic N) is 1. The van der Waals surface area contributed by atoms with Crippen LogP contribution in [-0.4, -0.2) is 35.9 Å². The number of carbonyl (C=O) groups is 2. The third kappa shape index (κ3) is 4.48. The van der Waals surface area contributed by atoms with Crippen molar-refractivity contribution in [1.82, 2.24) is 4.90 Å². The molecule has 2 amide bonds. The van der Waals surface area contributed by atoms with Gasteiger partial charge >= 0.3 is 0 Å². The number of likely N-dealkylation sites (tertiary alicyclic amines) is 1. The fourth-order valence-corrected chi connectivity index (χ4v) is 2.53. The number of rotatable bonds is 4. The zero-order valence-corrected chi connectivity index (χ0v) is 12.6.